The normalized spacial score (nSPS) is 12.8. The van der Waals surface area contributed by atoms with Gasteiger partial charge in [-0.15, -0.1) is 0 Å². The molecule has 0 amide bonds. The van der Waals surface area contributed by atoms with Crippen molar-refractivity contribution in [1.29, 1.82) is 0 Å². The fourth-order valence-corrected chi connectivity index (χ4v) is 1.41. The lowest BCUT2D eigenvalue weighted by Gasteiger charge is -2.09. The fourth-order valence-electron chi connectivity index (χ4n) is 1.41. The number of rotatable bonds is 9. The molecule has 3 heteroatoms. The predicted octanol–water partition coefficient (Wildman–Crippen LogP) is 1.59. The maximum atomic E-state index is 11.4. The number of ketones is 1. The molecule has 0 aliphatic rings. The second-order valence-electron chi connectivity index (χ2n) is 3.81. The molecule has 0 aromatic carbocycles. The first-order chi connectivity index (χ1) is 6.72. The molecule has 0 radical (unpaired) electrons. The van der Waals surface area contributed by atoms with Crippen molar-refractivity contribution in [2.45, 2.75) is 57.9 Å². The van der Waals surface area contributed by atoms with Gasteiger partial charge in [0.15, 0.2) is 0 Å². The largest absolute Gasteiger partial charge is 0.330 e. The lowest BCUT2D eigenvalue weighted by molar-refractivity contribution is -0.120. The van der Waals surface area contributed by atoms with Gasteiger partial charge in [0.05, 0.1) is 6.04 Å². The minimum absolute atomic E-state index is 0.203. The Morgan fingerprint density at radius 1 is 1.21 bits per heavy atom. The molecule has 0 aliphatic heterocycles. The zero-order chi connectivity index (χ0) is 10.8. The molecule has 4 N–H and O–H groups in total. The summed E-state index contributed by atoms with van der Waals surface area (Å²) < 4.78 is 0. The molecule has 14 heavy (non-hydrogen) atoms. The minimum Gasteiger partial charge on any atom is -0.330 e. The molecule has 3 nitrogen and oxygen atoms in total. The summed E-state index contributed by atoms with van der Waals surface area (Å²) in [6, 6.07) is -0.278. The van der Waals surface area contributed by atoms with Gasteiger partial charge >= 0.3 is 0 Å². The topological polar surface area (TPSA) is 69.1 Å². The van der Waals surface area contributed by atoms with Gasteiger partial charge < -0.3 is 11.5 Å². The Balaban J connectivity index is 3.42. The summed E-state index contributed by atoms with van der Waals surface area (Å²) in [4.78, 5) is 11.4. The minimum atomic E-state index is -0.278. The number of carbonyl (C=O) groups excluding carboxylic acids is 1. The summed E-state index contributed by atoms with van der Waals surface area (Å²) in [5.41, 5.74) is 11.1. The maximum Gasteiger partial charge on any atom is 0.149 e. The molecular weight excluding hydrogens is 176 g/mol. The molecule has 0 aliphatic carbocycles. The van der Waals surface area contributed by atoms with Crippen LogP contribution in [-0.4, -0.2) is 18.4 Å². The van der Waals surface area contributed by atoms with Gasteiger partial charge in [0.1, 0.15) is 5.78 Å². The van der Waals surface area contributed by atoms with E-state index in [4.69, 9.17) is 11.5 Å². The highest BCUT2D eigenvalue weighted by Crippen LogP contribution is 2.06. The molecule has 1 atom stereocenters. The first kappa shape index (κ1) is 13.6. The van der Waals surface area contributed by atoms with Crippen molar-refractivity contribution in [3.63, 3.8) is 0 Å². The summed E-state index contributed by atoms with van der Waals surface area (Å²) >= 11 is 0. The van der Waals surface area contributed by atoms with Crippen molar-refractivity contribution in [2.24, 2.45) is 11.5 Å². The number of hydrogen-bond donors (Lipinski definition) is 2. The van der Waals surface area contributed by atoms with Gasteiger partial charge in [-0.25, -0.2) is 0 Å². The lowest BCUT2D eigenvalue weighted by Crippen LogP contribution is -2.30. The van der Waals surface area contributed by atoms with Crippen LogP contribution in [0.25, 0.3) is 0 Å². The zero-order valence-corrected chi connectivity index (χ0v) is 9.30. The summed E-state index contributed by atoms with van der Waals surface area (Å²) in [6.45, 7) is 2.78. The van der Waals surface area contributed by atoms with Crippen molar-refractivity contribution in [2.75, 3.05) is 6.54 Å². The zero-order valence-electron chi connectivity index (χ0n) is 9.30. The van der Waals surface area contributed by atoms with E-state index in [0.717, 1.165) is 25.7 Å². The molecule has 0 spiro atoms. The standard InChI is InChI=1S/C11H24N2O/c1-2-3-4-5-8-11(14)10(13)7-6-9-12/h10H,2-9,12-13H2,1H3/t10-/m1/s1. The molecule has 0 rings (SSSR count). The molecule has 0 saturated carbocycles. The number of Topliss-reactive ketones (excluding diaryl/α,β-unsaturated/α-hetero) is 1. The van der Waals surface area contributed by atoms with Crippen LogP contribution in [0.4, 0.5) is 0 Å². The van der Waals surface area contributed by atoms with Crippen LogP contribution >= 0.6 is 0 Å². The van der Waals surface area contributed by atoms with Crippen molar-refractivity contribution < 1.29 is 4.79 Å². The van der Waals surface area contributed by atoms with Crippen molar-refractivity contribution in [1.82, 2.24) is 0 Å². The van der Waals surface area contributed by atoms with E-state index < -0.39 is 0 Å². The third-order valence-corrected chi connectivity index (χ3v) is 2.41. The quantitative estimate of drug-likeness (QED) is 0.555. The van der Waals surface area contributed by atoms with Crippen LogP contribution in [0.2, 0.25) is 0 Å². The van der Waals surface area contributed by atoms with Crippen LogP contribution in [0.15, 0.2) is 0 Å². The van der Waals surface area contributed by atoms with Crippen LogP contribution in [0.1, 0.15) is 51.9 Å². The Kier molecular flexibility index (Phi) is 8.89. The van der Waals surface area contributed by atoms with Crippen LogP contribution in [0, 0.1) is 0 Å². The molecule has 0 bridgehead atoms. The van der Waals surface area contributed by atoms with Gasteiger partial charge in [0.2, 0.25) is 0 Å². The van der Waals surface area contributed by atoms with Gasteiger partial charge in [-0.1, -0.05) is 26.2 Å². The smallest absolute Gasteiger partial charge is 0.149 e. The van der Waals surface area contributed by atoms with Gasteiger partial charge in [-0.2, -0.15) is 0 Å². The highest BCUT2D eigenvalue weighted by molar-refractivity contribution is 5.83. The van der Waals surface area contributed by atoms with Crippen LogP contribution in [0.3, 0.4) is 0 Å². The van der Waals surface area contributed by atoms with Gasteiger partial charge in [-0.3, -0.25) is 4.79 Å². The molecule has 0 aromatic heterocycles. The monoisotopic (exact) mass is 200 g/mol. The van der Waals surface area contributed by atoms with E-state index >= 15 is 0 Å². The average Bonchev–Trinajstić information content (AvgIpc) is 2.20. The molecule has 0 heterocycles. The van der Waals surface area contributed by atoms with Gasteiger partial charge in [0.25, 0.3) is 0 Å². The van der Waals surface area contributed by atoms with E-state index in [9.17, 15) is 4.79 Å². The van der Waals surface area contributed by atoms with Crippen LogP contribution < -0.4 is 11.5 Å². The third-order valence-electron chi connectivity index (χ3n) is 2.41. The predicted molar refractivity (Wildman–Crippen MR) is 60.0 cm³/mol. The second kappa shape index (κ2) is 9.16. The summed E-state index contributed by atoms with van der Waals surface area (Å²) in [5.74, 6) is 0.203. The van der Waals surface area contributed by atoms with Crippen LogP contribution in [0.5, 0.6) is 0 Å². The highest BCUT2D eigenvalue weighted by atomic mass is 16.1. The fraction of sp³-hybridized carbons (Fsp3) is 0.909. The molecule has 0 saturated heterocycles. The summed E-state index contributed by atoms with van der Waals surface area (Å²) in [7, 11) is 0. The molecular formula is C11H24N2O. The number of hydrogen-bond acceptors (Lipinski definition) is 3. The van der Waals surface area contributed by atoms with Gasteiger partial charge in [-0.05, 0) is 25.8 Å². The SMILES string of the molecule is CCCCCCC(=O)[C@H](N)CCCN. The average molecular weight is 200 g/mol. The first-order valence-electron chi connectivity index (χ1n) is 5.70. The Morgan fingerprint density at radius 3 is 2.50 bits per heavy atom. The van der Waals surface area contributed by atoms with E-state index in [2.05, 4.69) is 6.92 Å². The third kappa shape index (κ3) is 7.04. The van der Waals surface area contributed by atoms with Crippen LogP contribution in [-0.2, 0) is 4.79 Å². The maximum absolute atomic E-state index is 11.4. The van der Waals surface area contributed by atoms with Crippen molar-refractivity contribution in [3.05, 3.63) is 0 Å². The van der Waals surface area contributed by atoms with Crippen molar-refractivity contribution in [3.8, 4) is 0 Å². The number of carbonyl (C=O) groups is 1. The Labute approximate surface area is 87.2 Å². The Bertz CT molecular complexity index is 148. The van der Waals surface area contributed by atoms with E-state index in [1.807, 2.05) is 0 Å². The van der Waals surface area contributed by atoms with E-state index in [1.165, 1.54) is 12.8 Å². The first-order valence-corrected chi connectivity index (χ1v) is 5.70. The molecule has 0 fully saturated rings. The molecule has 0 unspecified atom stereocenters. The second-order valence-corrected chi connectivity index (χ2v) is 3.81. The van der Waals surface area contributed by atoms with Crippen molar-refractivity contribution >= 4 is 5.78 Å². The summed E-state index contributed by atoms with van der Waals surface area (Å²) in [5, 5.41) is 0. The Hall–Kier alpha value is -0.410. The highest BCUT2D eigenvalue weighted by Gasteiger charge is 2.11. The number of nitrogens with two attached hydrogens (primary N) is 2. The van der Waals surface area contributed by atoms with E-state index in [-0.39, 0.29) is 11.8 Å². The van der Waals surface area contributed by atoms with E-state index in [1.54, 1.807) is 0 Å². The van der Waals surface area contributed by atoms with Gasteiger partial charge in [0, 0.05) is 6.42 Å². The summed E-state index contributed by atoms with van der Waals surface area (Å²) in [6.07, 6.45) is 6.78. The Morgan fingerprint density at radius 2 is 1.93 bits per heavy atom. The number of unbranched alkanes of at least 4 members (excludes halogenated alkanes) is 3. The molecule has 84 valence electrons. The molecule has 0 aromatic rings. The van der Waals surface area contributed by atoms with E-state index in [0.29, 0.717) is 13.0 Å². The lowest BCUT2D eigenvalue weighted by atomic mass is 10.0.